The minimum absolute atomic E-state index is 0.143. The number of amides is 1. The molecule has 0 saturated carbocycles. The number of ether oxygens (including phenoxy) is 2. The maximum absolute atomic E-state index is 12.4. The van der Waals surface area contributed by atoms with E-state index in [2.05, 4.69) is 27.3 Å². The Morgan fingerprint density at radius 3 is 2.67 bits per heavy atom. The van der Waals surface area contributed by atoms with E-state index >= 15 is 0 Å². The molecule has 1 aliphatic rings. The van der Waals surface area contributed by atoms with Crippen LogP contribution >= 0.6 is 15.9 Å². The third-order valence-electron chi connectivity index (χ3n) is 4.81. The van der Waals surface area contributed by atoms with Crippen molar-refractivity contribution in [2.45, 2.75) is 6.61 Å². The summed E-state index contributed by atoms with van der Waals surface area (Å²) >= 11 is 3.57. The fraction of sp³-hybridized carbons (Fsp3) is 0.0833. The predicted octanol–water partition coefficient (Wildman–Crippen LogP) is 5.40. The molecule has 3 aromatic carbocycles. The second-order valence-corrected chi connectivity index (χ2v) is 7.49. The Labute approximate surface area is 182 Å². The van der Waals surface area contributed by atoms with Crippen LogP contribution in [0, 0.1) is 11.3 Å². The van der Waals surface area contributed by atoms with Crippen molar-refractivity contribution in [3.63, 3.8) is 0 Å². The van der Waals surface area contributed by atoms with E-state index in [1.807, 2.05) is 54.6 Å². The van der Waals surface area contributed by atoms with Crippen LogP contribution in [0.15, 0.2) is 65.1 Å². The molecule has 0 fully saturated rings. The average Bonchev–Trinajstić information content (AvgIpc) is 3.08. The second kappa shape index (κ2) is 8.44. The summed E-state index contributed by atoms with van der Waals surface area (Å²) in [4.78, 5) is 12.4. The number of nitrogens with zero attached hydrogens (tertiary/aromatic N) is 1. The average molecular weight is 461 g/mol. The first-order chi connectivity index (χ1) is 14.6. The van der Waals surface area contributed by atoms with Crippen LogP contribution in [-0.4, -0.2) is 13.0 Å². The zero-order chi connectivity index (χ0) is 21.1. The number of carbonyl (C=O) groups is 1. The quantitative estimate of drug-likeness (QED) is 0.517. The Morgan fingerprint density at radius 2 is 1.87 bits per heavy atom. The summed E-state index contributed by atoms with van der Waals surface area (Å²) < 4.78 is 12.2. The van der Waals surface area contributed by atoms with Crippen LogP contribution in [0.5, 0.6) is 11.5 Å². The van der Waals surface area contributed by atoms with Gasteiger partial charge < -0.3 is 14.8 Å². The number of hydrogen-bond acceptors (Lipinski definition) is 4. The molecule has 5 nitrogen and oxygen atoms in total. The van der Waals surface area contributed by atoms with Gasteiger partial charge in [0.15, 0.2) is 11.5 Å². The van der Waals surface area contributed by atoms with Crippen molar-refractivity contribution < 1.29 is 14.3 Å². The van der Waals surface area contributed by atoms with E-state index in [1.54, 1.807) is 19.2 Å². The largest absolute Gasteiger partial charge is 0.493 e. The van der Waals surface area contributed by atoms with Crippen LogP contribution in [0.25, 0.3) is 11.6 Å². The van der Waals surface area contributed by atoms with Gasteiger partial charge in [-0.2, -0.15) is 5.26 Å². The van der Waals surface area contributed by atoms with Crippen LogP contribution in [0.1, 0.15) is 22.3 Å². The summed E-state index contributed by atoms with van der Waals surface area (Å²) in [5.74, 6) is 0.928. The Bertz CT molecular complexity index is 1210. The van der Waals surface area contributed by atoms with E-state index in [4.69, 9.17) is 9.47 Å². The number of para-hydroxylation sites is 1. The van der Waals surface area contributed by atoms with Gasteiger partial charge in [0, 0.05) is 26.9 Å². The number of hydrogen-bond donors (Lipinski definition) is 1. The van der Waals surface area contributed by atoms with Crippen LogP contribution in [0.4, 0.5) is 5.69 Å². The van der Waals surface area contributed by atoms with Gasteiger partial charge in [0.1, 0.15) is 6.61 Å². The number of anilines is 1. The number of methoxy groups -OCH3 is 1. The van der Waals surface area contributed by atoms with Gasteiger partial charge in [-0.05, 0) is 35.9 Å². The number of halogens is 1. The monoisotopic (exact) mass is 460 g/mol. The molecular weight excluding hydrogens is 444 g/mol. The van der Waals surface area contributed by atoms with Crippen LogP contribution in [0.3, 0.4) is 0 Å². The molecule has 1 heterocycles. The maximum atomic E-state index is 12.4. The highest BCUT2D eigenvalue weighted by molar-refractivity contribution is 9.10. The van der Waals surface area contributed by atoms with Gasteiger partial charge in [-0.25, -0.2) is 0 Å². The lowest BCUT2D eigenvalue weighted by atomic mass is 10.0. The fourth-order valence-electron chi connectivity index (χ4n) is 3.28. The molecule has 1 N–H and O–H groups in total. The molecule has 4 rings (SSSR count). The van der Waals surface area contributed by atoms with Crippen molar-refractivity contribution in [1.29, 1.82) is 5.26 Å². The molecule has 1 amide bonds. The van der Waals surface area contributed by atoms with Crippen molar-refractivity contribution in [2.24, 2.45) is 0 Å². The first-order valence-corrected chi connectivity index (χ1v) is 10.0. The van der Waals surface area contributed by atoms with Crippen molar-refractivity contribution in [2.75, 3.05) is 12.4 Å². The number of nitriles is 1. The predicted molar refractivity (Wildman–Crippen MR) is 119 cm³/mol. The molecule has 0 unspecified atom stereocenters. The summed E-state index contributed by atoms with van der Waals surface area (Å²) in [5.41, 5.74) is 4.41. The van der Waals surface area contributed by atoms with Crippen molar-refractivity contribution in [3.8, 4) is 17.6 Å². The molecule has 148 valence electrons. The molecule has 0 spiro atoms. The molecule has 3 aromatic rings. The van der Waals surface area contributed by atoms with Gasteiger partial charge in [-0.15, -0.1) is 0 Å². The van der Waals surface area contributed by atoms with Gasteiger partial charge in [0.05, 0.1) is 18.7 Å². The highest BCUT2D eigenvalue weighted by Gasteiger charge is 2.24. The standard InChI is InChI=1S/C24H17BrN2O3/c1-29-22-11-17(10-19-18-8-4-5-9-21(18)27-24(19)28)20(25)12-23(22)30-14-16-7-3-2-6-15(16)13-26/h2-12H,14H2,1H3,(H,27,28). The molecule has 0 aliphatic carbocycles. The molecule has 30 heavy (non-hydrogen) atoms. The lowest BCUT2D eigenvalue weighted by Gasteiger charge is -2.13. The molecule has 0 atom stereocenters. The summed E-state index contributed by atoms with van der Waals surface area (Å²) in [6.07, 6.45) is 1.82. The molecular formula is C24H17BrN2O3. The van der Waals surface area contributed by atoms with E-state index in [1.165, 1.54) is 0 Å². The normalized spacial score (nSPS) is 13.5. The Balaban J connectivity index is 1.65. The first-order valence-electron chi connectivity index (χ1n) is 9.21. The Hall–Kier alpha value is -3.56. The van der Waals surface area contributed by atoms with Crippen molar-refractivity contribution in [1.82, 2.24) is 0 Å². The third kappa shape index (κ3) is 3.80. The summed E-state index contributed by atoms with van der Waals surface area (Å²) in [6, 6.07) is 20.7. The van der Waals surface area contributed by atoms with E-state index in [0.717, 1.165) is 26.9 Å². The van der Waals surface area contributed by atoms with Crippen LogP contribution in [-0.2, 0) is 11.4 Å². The highest BCUT2D eigenvalue weighted by atomic mass is 79.9. The number of fused-ring (bicyclic) bond motifs is 1. The number of nitrogens with one attached hydrogen (secondary N) is 1. The van der Waals surface area contributed by atoms with Crippen molar-refractivity contribution in [3.05, 3.63) is 87.4 Å². The summed E-state index contributed by atoms with van der Waals surface area (Å²) in [6.45, 7) is 0.239. The van der Waals surface area contributed by atoms with Gasteiger partial charge in [0.2, 0.25) is 0 Å². The smallest absolute Gasteiger partial charge is 0.256 e. The molecule has 0 bridgehead atoms. The maximum Gasteiger partial charge on any atom is 0.256 e. The van der Waals surface area contributed by atoms with E-state index in [-0.39, 0.29) is 12.5 Å². The molecule has 0 saturated heterocycles. The molecule has 1 aliphatic heterocycles. The molecule has 0 aromatic heterocycles. The van der Waals surface area contributed by atoms with E-state index < -0.39 is 0 Å². The zero-order valence-corrected chi connectivity index (χ0v) is 17.7. The fourth-order valence-corrected chi connectivity index (χ4v) is 3.72. The first kappa shape index (κ1) is 19.7. The molecule has 6 heteroatoms. The SMILES string of the molecule is COc1cc(C=C2C(=O)Nc3ccccc32)c(Br)cc1OCc1ccccc1C#N. The summed E-state index contributed by atoms with van der Waals surface area (Å²) in [7, 11) is 1.56. The second-order valence-electron chi connectivity index (χ2n) is 6.64. The van der Waals surface area contributed by atoms with E-state index in [0.29, 0.717) is 22.6 Å². The van der Waals surface area contributed by atoms with Gasteiger partial charge in [-0.1, -0.05) is 52.3 Å². The number of benzene rings is 3. The number of carbonyl (C=O) groups excluding carboxylic acids is 1. The van der Waals surface area contributed by atoms with Crippen molar-refractivity contribution >= 4 is 39.2 Å². The Morgan fingerprint density at radius 1 is 1.10 bits per heavy atom. The minimum atomic E-state index is -0.143. The van der Waals surface area contributed by atoms with E-state index in [9.17, 15) is 10.1 Å². The van der Waals surface area contributed by atoms with Gasteiger partial charge in [-0.3, -0.25) is 4.79 Å². The topological polar surface area (TPSA) is 71.3 Å². The van der Waals surface area contributed by atoms with Gasteiger partial charge in [0.25, 0.3) is 5.91 Å². The summed E-state index contributed by atoms with van der Waals surface area (Å²) in [5, 5.41) is 12.1. The highest BCUT2D eigenvalue weighted by Crippen LogP contribution is 2.38. The lowest BCUT2D eigenvalue weighted by molar-refractivity contribution is -0.110. The van der Waals surface area contributed by atoms with Crippen LogP contribution < -0.4 is 14.8 Å². The van der Waals surface area contributed by atoms with Gasteiger partial charge >= 0.3 is 0 Å². The third-order valence-corrected chi connectivity index (χ3v) is 5.50. The lowest BCUT2D eigenvalue weighted by Crippen LogP contribution is -2.03. The zero-order valence-electron chi connectivity index (χ0n) is 16.1. The minimum Gasteiger partial charge on any atom is -0.493 e. The molecule has 0 radical (unpaired) electrons. The Kier molecular flexibility index (Phi) is 5.55. The van der Waals surface area contributed by atoms with Crippen LogP contribution in [0.2, 0.25) is 0 Å². The number of rotatable bonds is 5.